The van der Waals surface area contributed by atoms with Crippen molar-refractivity contribution in [2.24, 2.45) is 0 Å². The number of sulfonamides is 1. The Hall–Kier alpha value is -2.73. The summed E-state index contributed by atoms with van der Waals surface area (Å²) in [6.07, 6.45) is 0. The van der Waals surface area contributed by atoms with E-state index in [4.69, 9.17) is 9.15 Å². The number of hydrogen-bond acceptors (Lipinski definition) is 7. The summed E-state index contributed by atoms with van der Waals surface area (Å²) in [6, 6.07) is 9.30. The summed E-state index contributed by atoms with van der Waals surface area (Å²) in [6.45, 7) is 7.03. The van der Waals surface area contributed by atoms with Gasteiger partial charge in [0.2, 0.25) is 15.9 Å². The van der Waals surface area contributed by atoms with E-state index >= 15 is 0 Å². The van der Waals surface area contributed by atoms with E-state index in [0.29, 0.717) is 69.7 Å². The lowest BCUT2D eigenvalue weighted by Crippen LogP contribution is -2.54. The number of morpholine rings is 1. The molecule has 3 heterocycles. The second kappa shape index (κ2) is 10.3. The van der Waals surface area contributed by atoms with Crippen molar-refractivity contribution >= 4 is 27.5 Å². The molecule has 2 aliphatic heterocycles. The Morgan fingerprint density at radius 3 is 2.35 bits per heavy atom. The fourth-order valence-electron chi connectivity index (χ4n) is 4.10. The van der Waals surface area contributed by atoms with E-state index in [1.54, 1.807) is 43.0 Å². The SMILES string of the molecule is Cc1ccc(C(=O)N2CCN(C(C)C(=O)Nc3cccc(S(=O)(=O)N4CCOCC4)c3)CC2)o1. The van der Waals surface area contributed by atoms with Crippen LogP contribution in [0.5, 0.6) is 0 Å². The second-order valence-electron chi connectivity index (χ2n) is 8.45. The number of carbonyl (C=O) groups is 2. The van der Waals surface area contributed by atoms with Crippen LogP contribution in [-0.2, 0) is 19.6 Å². The molecule has 34 heavy (non-hydrogen) atoms. The maximum absolute atomic E-state index is 12.9. The number of aryl methyl sites for hydroxylation is 1. The monoisotopic (exact) mass is 490 g/mol. The van der Waals surface area contributed by atoms with E-state index in [2.05, 4.69) is 5.32 Å². The van der Waals surface area contributed by atoms with Crippen molar-refractivity contribution in [2.75, 3.05) is 57.8 Å². The number of benzene rings is 1. The van der Waals surface area contributed by atoms with Gasteiger partial charge in [0.15, 0.2) is 5.76 Å². The molecular formula is C23H30N4O6S. The molecule has 0 saturated carbocycles. The molecule has 2 aromatic rings. The number of furan rings is 1. The zero-order valence-electron chi connectivity index (χ0n) is 19.4. The topological polar surface area (TPSA) is 112 Å². The summed E-state index contributed by atoms with van der Waals surface area (Å²) in [4.78, 5) is 29.3. The van der Waals surface area contributed by atoms with Crippen molar-refractivity contribution in [1.82, 2.24) is 14.1 Å². The van der Waals surface area contributed by atoms with Gasteiger partial charge in [0, 0.05) is 45.0 Å². The first-order chi connectivity index (χ1) is 16.3. The predicted octanol–water partition coefficient (Wildman–Crippen LogP) is 1.39. The van der Waals surface area contributed by atoms with Crippen molar-refractivity contribution in [2.45, 2.75) is 24.8 Å². The highest BCUT2D eigenvalue weighted by Gasteiger charge is 2.30. The quantitative estimate of drug-likeness (QED) is 0.651. The van der Waals surface area contributed by atoms with Gasteiger partial charge in [0.05, 0.1) is 24.2 Å². The first-order valence-electron chi connectivity index (χ1n) is 11.3. The van der Waals surface area contributed by atoms with Crippen molar-refractivity contribution in [1.29, 1.82) is 0 Å². The Kier molecular flexibility index (Phi) is 7.36. The smallest absolute Gasteiger partial charge is 0.289 e. The molecule has 0 bridgehead atoms. The molecule has 1 unspecified atom stereocenters. The molecule has 1 aromatic heterocycles. The number of ether oxygens (including phenoxy) is 1. The zero-order valence-corrected chi connectivity index (χ0v) is 20.2. The van der Waals surface area contributed by atoms with Crippen molar-refractivity contribution in [3.63, 3.8) is 0 Å². The maximum Gasteiger partial charge on any atom is 0.289 e. The molecule has 2 fully saturated rings. The third-order valence-electron chi connectivity index (χ3n) is 6.19. The van der Waals surface area contributed by atoms with Crippen LogP contribution >= 0.6 is 0 Å². The Balaban J connectivity index is 1.34. The number of nitrogens with zero attached hydrogens (tertiary/aromatic N) is 3. The minimum atomic E-state index is -3.65. The van der Waals surface area contributed by atoms with E-state index in [9.17, 15) is 18.0 Å². The third-order valence-corrected chi connectivity index (χ3v) is 8.08. The average Bonchev–Trinajstić information content (AvgIpc) is 3.30. The van der Waals surface area contributed by atoms with Crippen LogP contribution in [0.3, 0.4) is 0 Å². The van der Waals surface area contributed by atoms with E-state index < -0.39 is 16.1 Å². The number of piperazine rings is 1. The molecule has 1 atom stereocenters. The fourth-order valence-corrected chi connectivity index (χ4v) is 5.55. The van der Waals surface area contributed by atoms with Crippen LogP contribution < -0.4 is 5.32 Å². The van der Waals surface area contributed by atoms with Gasteiger partial charge in [0.1, 0.15) is 5.76 Å². The summed E-state index contributed by atoms with van der Waals surface area (Å²) in [5, 5.41) is 2.83. The van der Waals surface area contributed by atoms with E-state index in [1.165, 1.54) is 16.4 Å². The van der Waals surface area contributed by atoms with Crippen LogP contribution in [0.1, 0.15) is 23.2 Å². The van der Waals surface area contributed by atoms with Gasteiger partial charge in [-0.1, -0.05) is 6.07 Å². The summed E-state index contributed by atoms with van der Waals surface area (Å²) < 4.78 is 37.9. The first-order valence-corrected chi connectivity index (χ1v) is 12.8. The normalized spacial score (nSPS) is 19.1. The molecule has 1 aromatic carbocycles. The maximum atomic E-state index is 12.9. The number of amides is 2. The third kappa shape index (κ3) is 5.33. The molecule has 11 heteroatoms. The van der Waals surface area contributed by atoms with E-state index in [-0.39, 0.29) is 16.7 Å². The second-order valence-corrected chi connectivity index (χ2v) is 10.4. The van der Waals surface area contributed by atoms with Gasteiger partial charge in [-0.3, -0.25) is 14.5 Å². The summed E-state index contributed by atoms with van der Waals surface area (Å²) in [5.74, 6) is 0.628. The van der Waals surface area contributed by atoms with Gasteiger partial charge in [-0.05, 0) is 44.2 Å². The van der Waals surface area contributed by atoms with Crippen LogP contribution in [0.2, 0.25) is 0 Å². The molecule has 0 aliphatic carbocycles. The molecule has 184 valence electrons. The minimum absolute atomic E-state index is 0.139. The average molecular weight is 491 g/mol. The molecule has 2 saturated heterocycles. The van der Waals surface area contributed by atoms with Gasteiger partial charge >= 0.3 is 0 Å². The molecule has 10 nitrogen and oxygen atoms in total. The van der Waals surface area contributed by atoms with Gasteiger partial charge in [-0.2, -0.15) is 4.31 Å². The van der Waals surface area contributed by atoms with Crippen LogP contribution in [0, 0.1) is 6.92 Å². The Labute approximate surface area is 199 Å². The van der Waals surface area contributed by atoms with Crippen molar-refractivity contribution in [3.05, 3.63) is 47.9 Å². The molecule has 4 rings (SSSR count). The highest BCUT2D eigenvalue weighted by Crippen LogP contribution is 2.21. The molecule has 0 spiro atoms. The van der Waals surface area contributed by atoms with Crippen molar-refractivity contribution in [3.8, 4) is 0 Å². The van der Waals surface area contributed by atoms with Gasteiger partial charge in [-0.25, -0.2) is 8.42 Å². The highest BCUT2D eigenvalue weighted by atomic mass is 32.2. The fraction of sp³-hybridized carbons (Fsp3) is 0.478. The Morgan fingerprint density at radius 1 is 1.00 bits per heavy atom. The van der Waals surface area contributed by atoms with Crippen LogP contribution in [0.25, 0.3) is 0 Å². The van der Waals surface area contributed by atoms with Gasteiger partial charge in [-0.15, -0.1) is 0 Å². The van der Waals surface area contributed by atoms with E-state index in [0.717, 1.165) is 0 Å². The largest absolute Gasteiger partial charge is 0.456 e. The highest BCUT2D eigenvalue weighted by molar-refractivity contribution is 7.89. The number of nitrogens with one attached hydrogen (secondary N) is 1. The van der Waals surface area contributed by atoms with Gasteiger partial charge in [0.25, 0.3) is 5.91 Å². The van der Waals surface area contributed by atoms with E-state index in [1.807, 2.05) is 4.90 Å². The van der Waals surface area contributed by atoms with Crippen LogP contribution in [-0.4, -0.2) is 92.9 Å². The number of rotatable bonds is 6. The van der Waals surface area contributed by atoms with Crippen LogP contribution in [0.15, 0.2) is 45.7 Å². The zero-order chi connectivity index (χ0) is 24.3. The number of anilines is 1. The lowest BCUT2D eigenvalue weighted by Gasteiger charge is -2.37. The number of carbonyl (C=O) groups excluding carboxylic acids is 2. The molecule has 2 amide bonds. The molecule has 0 radical (unpaired) electrons. The standard InChI is InChI=1S/C23H30N4O6S/c1-17-6-7-21(33-17)23(29)26-10-8-25(9-11-26)18(2)22(28)24-19-4-3-5-20(16-19)34(30,31)27-12-14-32-15-13-27/h3-7,16,18H,8-15H2,1-2H3,(H,24,28). The van der Waals surface area contributed by atoms with Crippen LogP contribution in [0.4, 0.5) is 5.69 Å². The first kappa shape index (κ1) is 24.4. The molecule has 2 aliphatic rings. The summed E-state index contributed by atoms with van der Waals surface area (Å²) in [5.41, 5.74) is 0.424. The summed E-state index contributed by atoms with van der Waals surface area (Å²) in [7, 11) is -3.65. The summed E-state index contributed by atoms with van der Waals surface area (Å²) >= 11 is 0. The Bertz CT molecular complexity index is 1130. The molecule has 1 N–H and O–H groups in total. The molecular weight excluding hydrogens is 460 g/mol. The Morgan fingerprint density at radius 2 is 1.71 bits per heavy atom. The lowest BCUT2D eigenvalue weighted by molar-refractivity contribution is -0.121. The predicted molar refractivity (Wildman–Crippen MR) is 125 cm³/mol. The lowest BCUT2D eigenvalue weighted by atomic mass is 10.2. The number of hydrogen-bond donors (Lipinski definition) is 1. The minimum Gasteiger partial charge on any atom is -0.456 e. The van der Waals surface area contributed by atoms with Gasteiger partial charge < -0.3 is 19.4 Å². The van der Waals surface area contributed by atoms with Crippen molar-refractivity contribution < 1.29 is 27.2 Å².